The molecule has 0 radical (unpaired) electrons. The Labute approximate surface area is 255 Å². The lowest BCUT2D eigenvalue weighted by Gasteiger charge is -2.18. The smallest absolute Gasteiger partial charge is 0.306 e. The Balaban J connectivity index is 4.13. The second-order valence-electron chi connectivity index (χ2n) is 12.0. The number of carbonyl (C=O) groups is 2. The van der Waals surface area contributed by atoms with E-state index in [0.29, 0.717) is 6.42 Å². The molecule has 1 N–H and O–H groups in total. The molecule has 240 valence electrons. The van der Waals surface area contributed by atoms with Crippen LogP contribution in [-0.2, 0) is 14.3 Å². The van der Waals surface area contributed by atoms with Crippen LogP contribution in [0, 0.1) is 0 Å². The van der Waals surface area contributed by atoms with Crippen LogP contribution in [0.4, 0.5) is 0 Å². The van der Waals surface area contributed by atoms with Crippen LogP contribution in [0.2, 0.25) is 0 Å². The van der Waals surface area contributed by atoms with Gasteiger partial charge in [0.2, 0.25) is 0 Å². The lowest BCUT2D eigenvalue weighted by atomic mass is 10.0. The van der Waals surface area contributed by atoms with E-state index in [4.69, 9.17) is 9.84 Å². The second-order valence-corrected chi connectivity index (χ2v) is 12.0. The normalized spacial score (nSPS) is 12.4. The van der Waals surface area contributed by atoms with E-state index in [1.54, 1.807) is 0 Å². The van der Waals surface area contributed by atoms with Gasteiger partial charge in [0.1, 0.15) is 6.10 Å². The zero-order valence-corrected chi connectivity index (χ0v) is 27.4. The number of aliphatic carboxylic acids is 1. The maximum absolute atomic E-state index is 12.6. The number of carboxylic acid groups (broad SMARTS) is 1. The summed E-state index contributed by atoms with van der Waals surface area (Å²) < 4.78 is 5.95. The van der Waals surface area contributed by atoms with Crippen molar-refractivity contribution in [3.8, 4) is 0 Å². The molecule has 0 bridgehead atoms. The monoisotopic (exact) mass is 577 g/mol. The summed E-state index contributed by atoms with van der Waals surface area (Å²) in [6, 6.07) is 0. The first-order valence-corrected chi connectivity index (χ1v) is 17.8. The summed E-state index contributed by atoms with van der Waals surface area (Å²) in [6.07, 6.45) is 40.4. The van der Waals surface area contributed by atoms with Crippen LogP contribution >= 0.6 is 0 Å². The van der Waals surface area contributed by atoms with Crippen LogP contribution in [0.25, 0.3) is 0 Å². The Hall–Kier alpha value is -1.58. The molecule has 0 aliphatic heterocycles. The van der Waals surface area contributed by atoms with Crippen molar-refractivity contribution in [3.63, 3.8) is 0 Å². The average molecular weight is 577 g/mol. The molecule has 0 amide bonds. The summed E-state index contributed by atoms with van der Waals surface area (Å²) in [6.45, 7) is 4.48. The average Bonchev–Trinajstić information content (AvgIpc) is 2.95. The van der Waals surface area contributed by atoms with Crippen molar-refractivity contribution in [2.45, 2.75) is 200 Å². The van der Waals surface area contributed by atoms with Gasteiger partial charge >= 0.3 is 11.9 Å². The van der Waals surface area contributed by atoms with Crippen molar-refractivity contribution in [3.05, 3.63) is 24.3 Å². The molecule has 0 aliphatic carbocycles. The fourth-order valence-electron chi connectivity index (χ4n) is 5.24. The number of unbranched alkanes of at least 4 members (excludes halogenated alkanes) is 19. The van der Waals surface area contributed by atoms with Gasteiger partial charge in [0.15, 0.2) is 0 Å². The topological polar surface area (TPSA) is 63.6 Å². The summed E-state index contributed by atoms with van der Waals surface area (Å²) >= 11 is 0. The highest BCUT2D eigenvalue weighted by molar-refractivity contribution is 5.69. The van der Waals surface area contributed by atoms with E-state index in [1.807, 2.05) is 0 Å². The lowest BCUT2D eigenvalue weighted by Crippen LogP contribution is -2.18. The molecule has 0 heterocycles. The third kappa shape index (κ3) is 32.8. The summed E-state index contributed by atoms with van der Waals surface area (Å²) in [5.74, 6) is -0.729. The molecule has 0 fully saturated rings. The highest BCUT2D eigenvalue weighted by Crippen LogP contribution is 2.18. The number of allylic oxidation sites excluding steroid dienone is 4. The van der Waals surface area contributed by atoms with Gasteiger partial charge in [-0.2, -0.15) is 0 Å². The van der Waals surface area contributed by atoms with E-state index >= 15 is 0 Å². The number of carboxylic acids is 1. The van der Waals surface area contributed by atoms with E-state index in [0.717, 1.165) is 70.6 Å². The van der Waals surface area contributed by atoms with Crippen LogP contribution in [0.15, 0.2) is 24.3 Å². The maximum Gasteiger partial charge on any atom is 0.306 e. The van der Waals surface area contributed by atoms with Gasteiger partial charge in [0.25, 0.3) is 0 Å². The Kier molecular flexibility index (Phi) is 31.7. The molecule has 0 aliphatic rings. The minimum atomic E-state index is -0.705. The van der Waals surface area contributed by atoms with Crippen molar-refractivity contribution >= 4 is 11.9 Å². The molecule has 0 aromatic carbocycles. The SMILES string of the molecule is CCC/C=C\CCCCCCCC(=O)OC(CCC/C=C\CCCCCCCCCC)CCCCCCCC(=O)O. The van der Waals surface area contributed by atoms with Crippen LogP contribution in [-0.4, -0.2) is 23.1 Å². The second kappa shape index (κ2) is 32.9. The minimum absolute atomic E-state index is 0.0239. The van der Waals surface area contributed by atoms with Crippen molar-refractivity contribution in [2.24, 2.45) is 0 Å². The van der Waals surface area contributed by atoms with E-state index in [2.05, 4.69) is 38.2 Å². The number of hydrogen-bond acceptors (Lipinski definition) is 3. The van der Waals surface area contributed by atoms with Crippen molar-refractivity contribution in [2.75, 3.05) is 0 Å². The predicted molar refractivity (Wildman–Crippen MR) is 176 cm³/mol. The quantitative estimate of drug-likeness (QED) is 0.0491. The van der Waals surface area contributed by atoms with E-state index in [1.165, 1.54) is 96.3 Å². The molecule has 0 rings (SSSR count). The fourth-order valence-corrected chi connectivity index (χ4v) is 5.24. The molecule has 0 aromatic rings. The van der Waals surface area contributed by atoms with E-state index in [9.17, 15) is 9.59 Å². The van der Waals surface area contributed by atoms with Crippen molar-refractivity contribution in [1.82, 2.24) is 0 Å². The molecule has 1 atom stereocenters. The molecule has 4 nitrogen and oxygen atoms in total. The first-order chi connectivity index (χ1) is 20.1. The number of carbonyl (C=O) groups excluding carboxylic acids is 1. The van der Waals surface area contributed by atoms with Gasteiger partial charge in [0.05, 0.1) is 0 Å². The fraction of sp³-hybridized carbons (Fsp3) is 0.838. The number of esters is 1. The molecule has 0 saturated heterocycles. The van der Waals surface area contributed by atoms with Crippen LogP contribution in [0.1, 0.15) is 194 Å². The standard InChI is InChI=1S/C37H68O4/c1-3-5-7-9-11-13-15-16-17-18-20-23-27-31-35(32-28-24-22-25-29-33-36(38)39)41-37(40)34-30-26-21-19-14-12-10-8-6-4-2/h8,10,18,20,35H,3-7,9,11-17,19,21-34H2,1-2H3,(H,38,39)/b10-8-,20-18-. The van der Waals surface area contributed by atoms with Gasteiger partial charge < -0.3 is 9.84 Å². The van der Waals surface area contributed by atoms with E-state index < -0.39 is 5.97 Å². The Morgan fingerprint density at radius 2 is 0.951 bits per heavy atom. The summed E-state index contributed by atoms with van der Waals surface area (Å²) in [5.41, 5.74) is 0. The lowest BCUT2D eigenvalue weighted by molar-refractivity contribution is -0.150. The molecule has 41 heavy (non-hydrogen) atoms. The summed E-state index contributed by atoms with van der Waals surface area (Å²) in [7, 11) is 0. The molecule has 0 aromatic heterocycles. The highest BCUT2D eigenvalue weighted by Gasteiger charge is 2.14. The molecule has 1 unspecified atom stereocenters. The van der Waals surface area contributed by atoms with Crippen LogP contribution in [0.3, 0.4) is 0 Å². The van der Waals surface area contributed by atoms with Gasteiger partial charge in [-0.15, -0.1) is 0 Å². The summed E-state index contributed by atoms with van der Waals surface area (Å²) in [5, 5.41) is 8.79. The number of hydrogen-bond donors (Lipinski definition) is 1. The number of rotatable bonds is 32. The van der Waals surface area contributed by atoms with E-state index in [-0.39, 0.29) is 18.5 Å². The first-order valence-electron chi connectivity index (χ1n) is 17.8. The highest BCUT2D eigenvalue weighted by atomic mass is 16.5. The van der Waals surface area contributed by atoms with Crippen LogP contribution in [0.5, 0.6) is 0 Å². The predicted octanol–water partition coefficient (Wildman–Crippen LogP) is 12.1. The van der Waals surface area contributed by atoms with Gasteiger partial charge in [-0.3, -0.25) is 9.59 Å². The van der Waals surface area contributed by atoms with Gasteiger partial charge in [-0.25, -0.2) is 0 Å². The Morgan fingerprint density at radius 3 is 1.51 bits per heavy atom. The molecule has 0 saturated carbocycles. The van der Waals surface area contributed by atoms with Crippen LogP contribution < -0.4 is 0 Å². The molecule has 4 heteroatoms. The van der Waals surface area contributed by atoms with Crippen molar-refractivity contribution in [1.29, 1.82) is 0 Å². The Morgan fingerprint density at radius 1 is 0.512 bits per heavy atom. The van der Waals surface area contributed by atoms with Gasteiger partial charge in [-0.05, 0) is 77.0 Å². The van der Waals surface area contributed by atoms with Gasteiger partial charge in [0, 0.05) is 12.8 Å². The zero-order valence-electron chi connectivity index (χ0n) is 27.4. The van der Waals surface area contributed by atoms with Crippen molar-refractivity contribution < 1.29 is 19.4 Å². The molecular weight excluding hydrogens is 508 g/mol. The minimum Gasteiger partial charge on any atom is -0.481 e. The Bertz CT molecular complexity index is 624. The molecule has 0 spiro atoms. The third-order valence-electron chi connectivity index (χ3n) is 7.88. The first kappa shape index (κ1) is 39.4. The number of ether oxygens (including phenoxy) is 1. The third-order valence-corrected chi connectivity index (χ3v) is 7.88. The molecular formula is C37H68O4. The summed E-state index contributed by atoms with van der Waals surface area (Å²) in [4.78, 5) is 23.2. The maximum atomic E-state index is 12.6. The largest absolute Gasteiger partial charge is 0.481 e. The zero-order chi connectivity index (χ0) is 30.1. The van der Waals surface area contributed by atoms with Gasteiger partial charge in [-0.1, -0.05) is 128 Å².